The van der Waals surface area contributed by atoms with Crippen molar-refractivity contribution in [1.82, 2.24) is 9.80 Å². The summed E-state index contributed by atoms with van der Waals surface area (Å²) in [7, 11) is 5.95. The monoisotopic (exact) mass is 198 g/mol. The SMILES string of the molecule is C=C(CN1C[C@@H](N(C)C)C1(C)C)OC. The van der Waals surface area contributed by atoms with Crippen molar-refractivity contribution in [3.63, 3.8) is 0 Å². The number of nitrogens with zero attached hydrogens (tertiary/aromatic N) is 2. The minimum Gasteiger partial charge on any atom is -0.500 e. The zero-order valence-electron chi connectivity index (χ0n) is 10.0. The number of ether oxygens (including phenoxy) is 1. The van der Waals surface area contributed by atoms with Gasteiger partial charge in [-0.05, 0) is 27.9 Å². The van der Waals surface area contributed by atoms with Gasteiger partial charge >= 0.3 is 0 Å². The highest BCUT2D eigenvalue weighted by molar-refractivity contribution is 5.08. The summed E-state index contributed by atoms with van der Waals surface area (Å²) in [5.74, 6) is 0.843. The molecule has 0 N–H and O–H groups in total. The van der Waals surface area contributed by atoms with E-state index >= 15 is 0 Å². The summed E-state index contributed by atoms with van der Waals surface area (Å²) in [4.78, 5) is 4.68. The first-order valence-corrected chi connectivity index (χ1v) is 5.03. The minimum absolute atomic E-state index is 0.227. The summed E-state index contributed by atoms with van der Waals surface area (Å²) >= 11 is 0. The minimum atomic E-state index is 0.227. The van der Waals surface area contributed by atoms with Crippen LogP contribution in [0.3, 0.4) is 0 Å². The molecule has 0 amide bonds. The third-order valence-corrected chi connectivity index (χ3v) is 3.30. The summed E-state index contributed by atoms with van der Waals surface area (Å²) in [6.45, 7) is 10.3. The second-order valence-electron chi connectivity index (χ2n) is 4.76. The van der Waals surface area contributed by atoms with Crippen LogP contribution in [-0.4, -0.2) is 55.7 Å². The maximum atomic E-state index is 5.10. The third kappa shape index (κ3) is 1.93. The van der Waals surface area contributed by atoms with Crippen molar-refractivity contribution in [2.24, 2.45) is 0 Å². The first-order valence-electron chi connectivity index (χ1n) is 5.03. The highest BCUT2D eigenvalue weighted by Crippen LogP contribution is 2.33. The molecule has 0 radical (unpaired) electrons. The van der Waals surface area contributed by atoms with Crippen LogP contribution in [0.4, 0.5) is 0 Å². The first kappa shape index (κ1) is 11.5. The molecule has 0 aromatic heterocycles. The number of hydrogen-bond donors (Lipinski definition) is 0. The molecule has 1 atom stereocenters. The van der Waals surface area contributed by atoms with Gasteiger partial charge in [0.05, 0.1) is 13.7 Å². The lowest BCUT2D eigenvalue weighted by molar-refractivity contribution is -0.0698. The zero-order chi connectivity index (χ0) is 10.9. The molecule has 14 heavy (non-hydrogen) atoms. The molecule has 1 saturated heterocycles. The fraction of sp³-hybridized carbons (Fsp3) is 0.818. The summed E-state index contributed by atoms with van der Waals surface area (Å²) < 4.78 is 5.10. The molecule has 3 nitrogen and oxygen atoms in total. The van der Waals surface area contributed by atoms with E-state index in [0.29, 0.717) is 6.04 Å². The predicted octanol–water partition coefficient (Wildman–Crippen LogP) is 1.17. The molecule has 3 heteroatoms. The lowest BCUT2D eigenvalue weighted by atomic mass is 9.82. The molecule has 1 fully saturated rings. The van der Waals surface area contributed by atoms with Gasteiger partial charge in [0.1, 0.15) is 5.76 Å². The van der Waals surface area contributed by atoms with Gasteiger partial charge in [-0.1, -0.05) is 6.58 Å². The molecule has 0 spiro atoms. The largest absolute Gasteiger partial charge is 0.500 e. The van der Waals surface area contributed by atoms with E-state index in [9.17, 15) is 0 Å². The number of hydrogen-bond acceptors (Lipinski definition) is 3. The molecule has 1 heterocycles. The van der Waals surface area contributed by atoms with Crippen LogP contribution >= 0.6 is 0 Å². The molecular weight excluding hydrogens is 176 g/mol. The van der Waals surface area contributed by atoms with Crippen molar-refractivity contribution in [1.29, 1.82) is 0 Å². The standard InChI is InChI=1S/C11H22N2O/c1-9(14-6)7-13-8-10(12(4)5)11(13,2)3/h10H,1,7-8H2,2-6H3/t10-/m1/s1. The Kier molecular flexibility index (Phi) is 3.22. The average Bonchev–Trinajstić information content (AvgIpc) is 2.10. The van der Waals surface area contributed by atoms with Crippen LogP contribution < -0.4 is 0 Å². The highest BCUT2D eigenvalue weighted by Gasteiger charge is 2.47. The van der Waals surface area contributed by atoms with Crippen LogP contribution in [0.15, 0.2) is 12.3 Å². The molecule has 0 aliphatic carbocycles. The first-order chi connectivity index (χ1) is 6.39. The second-order valence-corrected chi connectivity index (χ2v) is 4.76. The number of likely N-dealkylation sites (tertiary alicyclic amines) is 1. The number of rotatable bonds is 4. The van der Waals surface area contributed by atoms with E-state index in [1.165, 1.54) is 0 Å². The van der Waals surface area contributed by atoms with E-state index in [1.54, 1.807) is 7.11 Å². The van der Waals surface area contributed by atoms with Crippen molar-refractivity contribution in [3.05, 3.63) is 12.3 Å². The number of likely N-dealkylation sites (N-methyl/N-ethyl adjacent to an activating group) is 1. The normalized spacial score (nSPS) is 26.0. The quantitative estimate of drug-likeness (QED) is 0.631. The topological polar surface area (TPSA) is 15.7 Å². The maximum absolute atomic E-state index is 5.10. The Hall–Kier alpha value is -0.540. The van der Waals surface area contributed by atoms with Crippen molar-refractivity contribution in [3.8, 4) is 0 Å². The Balaban J connectivity index is 2.50. The van der Waals surface area contributed by atoms with Crippen molar-refractivity contribution >= 4 is 0 Å². The van der Waals surface area contributed by atoms with Crippen molar-refractivity contribution in [2.75, 3.05) is 34.3 Å². The van der Waals surface area contributed by atoms with E-state index in [4.69, 9.17) is 4.74 Å². The van der Waals surface area contributed by atoms with Gasteiger partial charge in [-0.3, -0.25) is 4.90 Å². The Labute approximate surface area is 87.3 Å². The Morgan fingerprint density at radius 2 is 2.14 bits per heavy atom. The van der Waals surface area contributed by atoms with Gasteiger partial charge in [-0.15, -0.1) is 0 Å². The third-order valence-electron chi connectivity index (χ3n) is 3.30. The molecule has 82 valence electrons. The lowest BCUT2D eigenvalue weighted by Crippen LogP contribution is -2.71. The van der Waals surface area contributed by atoms with Gasteiger partial charge in [-0.2, -0.15) is 0 Å². The molecule has 0 unspecified atom stereocenters. The highest BCUT2D eigenvalue weighted by atomic mass is 16.5. The Morgan fingerprint density at radius 3 is 2.50 bits per heavy atom. The molecule has 0 aromatic rings. The summed E-state index contributed by atoms with van der Waals surface area (Å²) in [5, 5.41) is 0. The van der Waals surface area contributed by atoms with E-state index in [2.05, 4.69) is 44.3 Å². The lowest BCUT2D eigenvalue weighted by Gasteiger charge is -2.57. The van der Waals surface area contributed by atoms with Gasteiger partial charge in [0, 0.05) is 18.1 Å². The van der Waals surface area contributed by atoms with Crippen molar-refractivity contribution < 1.29 is 4.74 Å². The van der Waals surface area contributed by atoms with Gasteiger partial charge in [0.15, 0.2) is 0 Å². The molecular formula is C11H22N2O. The maximum Gasteiger partial charge on any atom is 0.102 e. The van der Waals surface area contributed by atoms with E-state index in [0.717, 1.165) is 18.8 Å². The van der Waals surface area contributed by atoms with E-state index in [-0.39, 0.29) is 5.54 Å². The van der Waals surface area contributed by atoms with Crippen LogP contribution in [0, 0.1) is 0 Å². The summed E-state index contributed by atoms with van der Waals surface area (Å²) in [6, 6.07) is 0.632. The van der Waals surface area contributed by atoms with Crippen molar-refractivity contribution in [2.45, 2.75) is 25.4 Å². The molecule has 1 aliphatic heterocycles. The van der Waals surface area contributed by atoms with Crippen LogP contribution in [-0.2, 0) is 4.74 Å². The molecule has 0 bridgehead atoms. The fourth-order valence-corrected chi connectivity index (χ4v) is 2.11. The molecule has 0 saturated carbocycles. The fourth-order valence-electron chi connectivity index (χ4n) is 2.11. The van der Waals surface area contributed by atoms with Gasteiger partial charge in [0.2, 0.25) is 0 Å². The van der Waals surface area contributed by atoms with E-state index in [1.807, 2.05) is 0 Å². The average molecular weight is 198 g/mol. The van der Waals surface area contributed by atoms with Crippen LogP contribution in [0.25, 0.3) is 0 Å². The number of methoxy groups -OCH3 is 1. The van der Waals surface area contributed by atoms with Gasteiger partial charge in [-0.25, -0.2) is 0 Å². The van der Waals surface area contributed by atoms with Gasteiger partial charge < -0.3 is 9.64 Å². The smallest absolute Gasteiger partial charge is 0.102 e. The van der Waals surface area contributed by atoms with Crippen LogP contribution in [0.1, 0.15) is 13.8 Å². The summed E-state index contributed by atoms with van der Waals surface area (Å²) in [6.07, 6.45) is 0. The van der Waals surface area contributed by atoms with Gasteiger partial charge in [0.25, 0.3) is 0 Å². The molecule has 0 aromatic carbocycles. The van der Waals surface area contributed by atoms with Crippen LogP contribution in [0.5, 0.6) is 0 Å². The Morgan fingerprint density at radius 1 is 1.57 bits per heavy atom. The van der Waals surface area contributed by atoms with Crippen LogP contribution in [0.2, 0.25) is 0 Å². The molecule has 1 rings (SSSR count). The summed E-state index contributed by atoms with van der Waals surface area (Å²) in [5.41, 5.74) is 0.227. The second kappa shape index (κ2) is 3.91. The zero-order valence-corrected chi connectivity index (χ0v) is 10.0. The Bertz CT molecular complexity index is 223. The molecule has 1 aliphatic rings. The predicted molar refractivity (Wildman–Crippen MR) is 59.3 cm³/mol. The van der Waals surface area contributed by atoms with E-state index < -0.39 is 0 Å².